The smallest absolute Gasteiger partial charge is 0.136 e. The number of fused-ring (bicyclic) bond motifs is 1. The van der Waals surface area contributed by atoms with Crippen molar-refractivity contribution in [3.05, 3.63) is 17.6 Å². The highest BCUT2D eigenvalue weighted by Crippen LogP contribution is 2.28. The average molecular weight is 236 g/mol. The second-order valence-corrected chi connectivity index (χ2v) is 5.27. The highest BCUT2D eigenvalue weighted by molar-refractivity contribution is 7.13. The molecule has 1 unspecified atom stereocenters. The van der Waals surface area contributed by atoms with Crippen molar-refractivity contribution in [1.82, 2.24) is 14.6 Å². The standard InChI is InChI=1S/C11H17N4P/c16-15-6-3-10-9(7-15)11(13-8-12-10)14-4-1-2-5-14/h8H,1-7,16H2. The molecule has 1 fully saturated rings. The van der Waals surface area contributed by atoms with Crippen LogP contribution in [0.1, 0.15) is 24.1 Å². The van der Waals surface area contributed by atoms with E-state index in [1.807, 2.05) is 0 Å². The zero-order chi connectivity index (χ0) is 11.0. The molecule has 1 atom stereocenters. The molecule has 0 aromatic carbocycles. The Hall–Kier alpha value is -0.730. The van der Waals surface area contributed by atoms with Crippen molar-refractivity contribution in [2.75, 3.05) is 24.5 Å². The Morgan fingerprint density at radius 2 is 1.94 bits per heavy atom. The van der Waals surface area contributed by atoms with Gasteiger partial charge >= 0.3 is 0 Å². The second kappa shape index (κ2) is 4.27. The number of hydrogen-bond donors (Lipinski definition) is 0. The molecule has 2 aliphatic heterocycles. The molecular weight excluding hydrogens is 219 g/mol. The van der Waals surface area contributed by atoms with Crippen LogP contribution >= 0.6 is 9.39 Å². The maximum atomic E-state index is 4.49. The molecule has 4 nitrogen and oxygen atoms in total. The normalized spacial score (nSPS) is 21.2. The Morgan fingerprint density at radius 3 is 2.75 bits per heavy atom. The predicted octanol–water partition coefficient (Wildman–Crippen LogP) is 1.22. The van der Waals surface area contributed by atoms with Gasteiger partial charge in [0.2, 0.25) is 0 Å². The summed E-state index contributed by atoms with van der Waals surface area (Å²) < 4.78 is 2.27. The van der Waals surface area contributed by atoms with Crippen LogP contribution in [0.3, 0.4) is 0 Å². The van der Waals surface area contributed by atoms with Crippen molar-refractivity contribution in [2.24, 2.45) is 0 Å². The monoisotopic (exact) mass is 236 g/mol. The van der Waals surface area contributed by atoms with Gasteiger partial charge in [0.1, 0.15) is 12.1 Å². The van der Waals surface area contributed by atoms with Gasteiger partial charge in [-0.3, -0.25) is 4.67 Å². The third kappa shape index (κ3) is 1.80. The van der Waals surface area contributed by atoms with E-state index in [0.29, 0.717) is 0 Å². The molecule has 2 aliphatic rings. The summed E-state index contributed by atoms with van der Waals surface area (Å²) in [5.41, 5.74) is 2.58. The number of hydrogen-bond acceptors (Lipinski definition) is 4. The molecule has 16 heavy (non-hydrogen) atoms. The minimum absolute atomic E-state index is 0.965. The zero-order valence-corrected chi connectivity index (χ0v) is 10.5. The van der Waals surface area contributed by atoms with E-state index in [4.69, 9.17) is 0 Å². The van der Waals surface area contributed by atoms with Gasteiger partial charge in [0, 0.05) is 38.2 Å². The fourth-order valence-corrected chi connectivity index (χ4v) is 2.86. The van der Waals surface area contributed by atoms with E-state index in [0.717, 1.165) is 32.6 Å². The summed E-state index contributed by atoms with van der Waals surface area (Å²) >= 11 is 0. The molecule has 1 aromatic heterocycles. The van der Waals surface area contributed by atoms with Crippen LogP contribution in [-0.2, 0) is 13.0 Å². The fourth-order valence-electron chi connectivity index (χ4n) is 2.55. The summed E-state index contributed by atoms with van der Waals surface area (Å²) in [6.45, 7) is 4.35. The minimum atomic E-state index is 0.965. The lowest BCUT2D eigenvalue weighted by molar-refractivity contribution is 0.436. The van der Waals surface area contributed by atoms with Crippen LogP contribution in [0.5, 0.6) is 0 Å². The zero-order valence-electron chi connectivity index (χ0n) is 9.39. The highest BCUT2D eigenvalue weighted by Gasteiger charge is 2.23. The summed E-state index contributed by atoms with van der Waals surface area (Å²) in [6.07, 6.45) is 5.36. The van der Waals surface area contributed by atoms with E-state index in [9.17, 15) is 0 Å². The van der Waals surface area contributed by atoms with Gasteiger partial charge in [-0.1, -0.05) is 9.39 Å². The predicted molar refractivity (Wildman–Crippen MR) is 67.3 cm³/mol. The Kier molecular flexibility index (Phi) is 2.78. The van der Waals surface area contributed by atoms with Crippen LogP contribution in [-0.4, -0.2) is 34.3 Å². The van der Waals surface area contributed by atoms with Crippen molar-refractivity contribution in [3.8, 4) is 0 Å². The first kappa shape index (κ1) is 10.4. The molecule has 0 N–H and O–H groups in total. The van der Waals surface area contributed by atoms with Crippen molar-refractivity contribution in [2.45, 2.75) is 25.8 Å². The molecule has 5 heteroatoms. The van der Waals surface area contributed by atoms with E-state index in [2.05, 4.69) is 28.9 Å². The first-order valence-electron chi connectivity index (χ1n) is 5.92. The maximum absolute atomic E-state index is 4.49. The van der Waals surface area contributed by atoms with Gasteiger partial charge in [-0.15, -0.1) is 0 Å². The molecule has 0 aliphatic carbocycles. The lowest BCUT2D eigenvalue weighted by Gasteiger charge is -2.28. The van der Waals surface area contributed by atoms with Crippen molar-refractivity contribution in [3.63, 3.8) is 0 Å². The Labute approximate surface area is 98.3 Å². The second-order valence-electron chi connectivity index (χ2n) is 4.54. The van der Waals surface area contributed by atoms with E-state index in [1.165, 1.54) is 29.9 Å². The van der Waals surface area contributed by atoms with Crippen LogP contribution in [0.4, 0.5) is 5.82 Å². The van der Waals surface area contributed by atoms with Gasteiger partial charge in [0.25, 0.3) is 0 Å². The summed E-state index contributed by atoms with van der Waals surface area (Å²) in [4.78, 5) is 11.3. The van der Waals surface area contributed by atoms with E-state index < -0.39 is 0 Å². The van der Waals surface area contributed by atoms with E-state index in [1.54, 1.807) is 6.33 Å². The molecule has 86 valence electrons. The van der Waals surface area contributed by atoms with Gasteiger partial charge in [-0.2, -0.15) is 0 Å². The van der Waals surface area contributed by atoms with Crippen LogP contribution in [0.2, 0.25) is 0 Å². The summed E-state index contributed by atoms with van der Waals surface area (Å²) in [6, 6.07) is 0. The van der Waals surface area contributed by atoms with E-state index in [-0.39, 0.29) is 0 Å². The fraction of sp³-hybridized carbons (Fsp3) is 0.636. The number of nitrogens with zero attached hydrogens (tertiary/aromatic N) is 4. The lowest BCUT2D eigenvalue weighted by atomic mass is 10.1. The van der Waals surface area contributed by atoms with Crippen LogP contribution < -0.4 is 4.90 Å². The Bertz CT molecular complexity index is 390. The molecule has 1 aromatic rings. The van der Waals surface area contributed by atoms with E-state index >= 15 is 0 Å². The van der Waals surface area contributed by atoms with Crippen molar-refractivity contribution in [1.29, 1.82) is 0 Å². The molecule has 3 heterocycles. The third-order valence-corrected chi connectivity index (χ3v) is 3.86. The molecule has 1 saturated heterocycles. The Balaban J connectivity index is 1.98. The molecule has 0 amide bonds. The van der Waals surface area contributed by atoms with Gasteiger partial charge < -0.3 is 4.90 Å². The molecule has 0 saturated carbocycles. The van der Waals surface area contributed by atoms with Crippen molar-refractivity contribution >= 4 is 15.2 Å². The lowest BCUT2D eigenvalue weighted by Crippen LogP contribution is -2.28. The van der Waals surface area contributed by atoms with Gasteiger partial charge in [0.05, 0.1) is 5.69 Å². The molecule has 3 rings (SSSR count). The first-order chi connectivity index (χ1) is 7.84. The maximum Gasteiger partial charge on any atom is 0.136 e. The van der Waals surface area contributed by atoms with Gasteiger partial charge in [-0.25, -0.2) is 9.97 Å². The number of rotatable bonds is 1. The van der Waals surface area contributed by atoms with Crippen LogP contribution in [0.15, 0.2) is 6.33 Å². The first-order valence-corrected chi connectivity index (χ1v) is 6.43. The number of aromatic nitrogens is 2. The van der Waals surface area contributed by atoms with Crippen LogP contribution in [0, 0.1) is 0 Å². The molecular formula is C11H17N4P. The largest absolute Gasteiger partial charge is 0.356 e. The summed E-state index contributed by atoms with van der Waals surface area (Å²) in [5.74, 6) is 1.18. The average Bonchev–Trinajstić information content (AvgIpc) is 2.81. The topological polar surface area (TPSA) is 32.3 Å². The SMILES string of the molecule is PN1CCc2ncnc(N3CCCC3)c2C1. The summed E-state index contributed by atoms with van der Waals surface area (Å²) in [7, 11) is 2.79. The highest BCUT2D eigenvalue weighted by atomic mass is 31.0. The quantitative estimate of drug-likeness (QED) is 0.686. The van der Waals surface area contributed by atoms with Gasteiger partial charge in [0.15, 0.2) is 0 Å². The van der Waals surface area contributed by atoms with Gasteiger partial charge in [-0.05, 0) is 12.8 Å². The van der Waals surface area contributed by atoms with Crippen LogP contribution in [0.25, 0.3) is 0 Å². The number of anilines is 1. The van der Waals surface area contributed by atoms with Crippen molar-refractivity contribution < 1.29 is 0 Å². The minimum Gasteiger partial charge on any atom is -0.356 e. The Morgan fingerprint density at radius 1 is 1.12 bits per heavy atom. The summed E-state index contributed by atoms with van der Waals surface area (Å²) in [5, 5.41) is 0. The molecule has 0 bridgehead atoms. The third-order valence-electron chi connectivity index (χ3n) is 3.41. The molecule has 0 spiro atoms. The molecule has 0 radical (unpaired) electrons.